The lowest BCUT2D eigenvalue weighted by Crippen LogP contribution is -2.07. The van der Waals surface area contributed by atoms with Crippen molar-refractivity contribution in [3.63, 3.8) is 0 Å². The van der Waals surface area contributed by atoms with Gasteiger partial charge in [0, 0.05) is 25.5 Å². The summed E-state index contributed by atoms with van der Waals surface area (Å²) >= 11 is 0. The third kappa shape index (κ3) is 10.7. The lowest BCUT2D eigenvalue weighted by Gasteiger charge is -1.92. The van der Waals surface area contributed by atoms with E-state index >= 15 is 0 Å². The molecule has 0 spiro atoms. The van der Waals surface area contributed by atoms with Gasteiger partial charge in [-0.05, 0) is 19.3 Å². The predicted octanol–water partition coefficient (Wildman–Crippen LogP) is 2.00. The molecule has 0 aromatic carbocycles. The van der Waals surface area contributed by atoms with E-state index in [-0.39, 0.29) is 0 Å². The molecule has 76 valence electrons. The Labute approximate surface area is 85.4 Å². The molecule has 0 aromatic heterocycles. The van der Waals surface area contributed by atoms with E-state index in [0.717, 1.165) is 32.1 Å². The zero-order valence-electron chi connectivity index (χ0n) is 8.29. The van der Waals surface area contributed by atoms with Crippen LogP contribution in [-0.4, -0.2) is 11.8 Å². The van der Waals surface area contributed by atoms with Crippen LogP contribution in [0, 0.1) is 23.2 Å². The van der Waals surface area contributed by atoms with Crippen molar-refractivity contribution in [3.8, 4) is 17.9 Å². The van der Waals surface area contributed by atoms with Gasteiger partial charge in [0.1, 0.15) is 0 Å². The predicted molar refractivity (Wildman–Crippen MR) is 55.4 cm³/mol. The highest BCUT2D eigenvalue weighted by atomic mass is 16.5. The van der Waals surface area contributed by atoms with Crippen molar-refractivity contribution < 1.29 is 5.21 Å². The second-order valence-corrected chi connectivity index (χ2v) is 2.79. The Morgan fingerprint density at radius 2 is 2.00 bits per heavy atom. The zero-order chi connectivity index (χ0) is 10.5. The molecule has 0 bridgehead atoms. The van der Waals surface area contributed by atoms with Gasteiger partial charge in [0.05, 0.1) is 6.07 Å². The number of nitrogens with one attached hydrogen (secondary N) is 1. The highest BCUT2D eigenvalue weighted by Gasteiger charge is 1.83. The number of allylic oxidation sites excluding steroid dienone is 2. The van der Waals surface area contributed by atoms with E-state index < -0.39 is 0 Å². The molecule has 0 aliphatic carbocycles. The molecule has 2 N–H and O–H groups in total. The van der Waals surface area contributed by atoms with Crippen LogP contribution >= 0.6 is 0 Å². The van der Waals surface area contributed by atoms with Crippen molar-refractivity contribution in [3.05, 3.63) is 12.2 Å². The number of unbranched alkanes of at least 4 members (excludes halogenated alkanes) is 3. The fourth-order valence-electron chi connectivity index (χ4n) is 0.886. The monoisotopic (exact) mass is 192 g/mol. The molecule has 0 radical (unpaired) electrons. The summed E-state index contributed by atoms with van der Waals surface area (Å²) in [4.78, 5) is 0. The molecular weight excluding hydrogens is 176 g/mol. The van der Waals surface area contributed by atoms with E-state index in [1.54, 1.807) is 0 Å². The summed E-state index contributed by atoms with van der Waals surface area (Å²) in [6, 6.07) is 1.93. The minimum absolute atomic E-state index is 0.632. The molecule has 0 rings (SSSR count). The number of hydroxylamine groups is 1. The van der Waals surface area contributed by atoms with Gasteiger partial charge in [-0.1, -0.05) is 6.08 Å². The van der Waals surface area contributed by atoms with E-state index in [0.29, 0.717) is 6.54 Å². The van der Waals surface area contributed by atoms with Gasteiger partial charge in [0.2, 0.25) is 0 Å². The van der Waals surface area contributed by atoms with Crippen molar-refractivity contribution in [2.24, 2.45) is 0 Å². The van der Waals surface area contributed by atoms with Gasteiger partial charge in [-0.25, -0.2) is 5.48 Å². The molecule has 0 aromatic rings. The molecule has 0 unspecified atom stereocenters. The van der Waals surface area contributed by atoms with E-state index in [4.69, 9.17) is 10.5 Å². The summed E-state index contributed by atoms with van der Waals surface area (Å²) in [5.41, 5.74) is 2.11. The van der Waals surface area contributed by atoms with Gasteiger partial charge in [-0.3, -0.25) is 0 Å². The van der Waals surface area contributed by atoms with Crippen LogP contribution in [0.3, 0.4) is 0 Å². The van der Waals surface area contributed by atoms with Crippen LogP contribution in [0.5, 0.6) is 0 Å². The second kappa shape index (κ2) is 11.7. The summed E-state index contributed by atoms with van der Waals surface area (Å²) in [6.45, 7) is 0.632. The summed E-state index contributed by atoms with van der Waals surface area (Å²) in [5.74, 6) is 6.07. The standard InChI is InChI=1S/C11H16N2O/c12-10-8-6-4-2-1-3-5-7-9-11-13-14/h6,8,13-14H,2,4-5,7,9,11H2/b8-6-. The van der Waals surface area contributed by atoms with Crippen LogP contribution in [-0.2, 0) is 0 Å². The summed E-state index contributed by atoms with van der Waals surface area (Å²) in [7, 11) is 0. The topological polar surface area (TPSA) is 56.0 Å². The fraction of sp³-hybridized carbons (Fsp3) is 0.545. The van der Waals surface area contributed by atoms with Gasteiger partial charge in [0.15, 0.2) is 0 Å². The quantitative estimate of drug-likeness (QED) is 0.293. The minimum Gasteiger partial charge on any atom is -0.317 e. The molecule has 0 fully saturated rings. The lowest BCUT2D eigenvalue weighted by atomic mass is 10.2. The molecule has 0 heterocycles. The first kappa shape index (κ1) is 12.7. The van der Waals surface area contributed by atoms with Crippen LogP contribution in [0.15, 0.2) is 12.2 Å². The van der Waals surface area contributed by atoms with Gasteiger partial charge in [0.25, 0.3) is 0 Å². The van der Waals surface area contributed by atoms with E-state index in [1.165, 1.54) is 6.08 Å². The Bertz CT molecular complexity index is 242. The molecule has 0 atom stereocenters. The number of hydrogen-bond donors (Lipinski definition) is 2. The lowest BCUT2D eigenvalue weighted by molar-refractivity contribution is 0.165. The average Bonchev–Trinajstić information content (AvgIpc) is 2.21. The molecule has 3 heteroatoms. The Morgan fingerprint density at radius 3 is 2.71 bits per heavy atom. The van der Waals surface area contributed by atoms with Crippen LogP contribution < -0.4 is 5.48 Å². The van der Waals surface area contributed by atoms with Crippen LogP contribution in [0.1, 0.15) is 32.1 Å². The highest BCUT2D eigenvalue weighted by Crippen LogP contribution is 1.93. The first-order chi connectivity index (χ1) is 6.91. The highest BCUT2D eigenvalue weighted by molar-refractivity contribution is 5.04. The molecule has 0 amide bonds. The number of rotatable bonds is 6. The summed E-state index contributed by atoms with van der Waals surface area (Å²) < 4.78 is 0. The number of nitriles is 1. The molecule has 3 nitrogen and oxygen atoms in total. The van der Waals surface area contributed by atoms with Gasteiger partial charge in [-0.2, -0.15) is 5.26 Å². The Morgan fingerprint density at radius 1 is 1.21 bits per heavy atom. The number of nitrogens with zero attached hydrogens (tertiary/aromatic N) is 1. The third-order valence-electron chi connectivity index (χ3n) is 1.59. The maximum atomic E-state index is 8.27. The minimum atomic E-state index is 0.632. The largest absolute Gasteiger partial charge is 0.317 e. The summed E-state index contributed by atoms with van der Waals surface area (Å²) in [6.07, 6.45) is 7.80. The van der Waals surface area contributed by atoms with Gasteiger partial charge in [-0.15, -0.1) is 11.8 Å². The van der Waals surface area contributed by atoms with Crippen LogP contribution in [0.4, 0.5) is 0 Å². The van der Waals surface area contributed by atoms with Crippen molar-refractivity contribution in [2.75, 3.05) is 6.54 Å². The van der Waals surface area contributed by atoms with E-state index in [1.807, 2.05) is 12.1 Å². The molecular formula is C11H16N2O. The Hall–Kier alpha value is -1.29. The van der Waals surface area contributed by atoms with Crippen molar-refractivity contribution >= 4 is 0 Å². The maximum absolute atomic E-state index is 8.27. The molecule has 0 aliphatic rings. The smallest absolute Gasteiger partial charge is 0.0908 e. The first-order valence-electron chi connectivity index (χ1n) is 4.79. The Kier molecular flexibility index (Phi) is 10.6. The van der Waals surface area contributed by atoms with Gasteiger partial charge >= 0.3 is 0 Å². The summed E-state index contributed by atoms with van der Waals surface area (Å²) in [5, 5.41) is 16.5. The van der Waals surface area contributed by atoms with Crippen molar-refractivity contribution in [1.82, 2.24) is 5.48 Å². The molecule has 14 heavy (non-hydrogen) atoms. The SMILES string of the molecule is N#C/C=C\CCC#CCCCCNO. The fourth-order valence-corrected chi connectivity index (χ4v) is 0.886. The van der Waals surface area contributed by atoms with E-state index in [2.05, 4.69) is 17.3 Å². The maximum Gasteiger partial charge on any atom is 0.0908 e. The van der Waals surface area contributed by atoms with Gasteiger partial charge < -0.3 is 5.21 Å². The average molecular weight is 192 g/mol. The molecule has 0 saturated heterocycles. The number of hydrogen-bond acceptors (Lipinski definition) is 3. The van der Waals surface area contributed by atoms with Crippen molar-refractivity contribution in [2.45, 2.75) is 32.1 Å². The molecule has 0 aliphatic heterocycles. The van der Waals surface area contributed by atoms with Crippen LogP contribution in [0.25, 0.3) is 0 Å². The first-order valence-corrected chi connectivity index (χ1v) is 4.79. The van der Waals surface area contributed by atoms with Crippen molar-refractivity contribution in [1.29, 1.82) is 5.26 Å². The third-order valence-corrected chi connectivity index (χ3v) is 1.59. The molecule has 0 saturated carbocycles. The Balaban J connectivity index is 3.19. The second-order valence-electron chi connectivity index (χ2n) is 2.79. The van der Waals surface area contributed by atoms with E-state index in [9.17, 15) is 0 Å². The zero-order valence-corrected chi connectivity index (χ0v) is 8.29. The van der Waals surface area contributed by atoms with Crippen LogP contribution in [0.2, 0.25) is 0 Å². The normalized spacial score (nSPS) is 9.43.